The van der Waals surface area contributed by atoms with Gasteiger partial charge in [0.15, 0.2) is 0 Å². The number of hydrogen-bond acceptors (Lipinski definition) is 1. The van der Waals surface area contributed by atoms with Gasteiger partial charge in [-0.1, -0.05) is 103 Å². The normalized spacial score (nSPS) is 12.3. The van der Waals surface area contributed by atoms with E-state index in [1.807, 2.05) is 0 Å². The van der Waals surface area contributed by atoms with Gasteiger partial charge in [0, 0.05) is 12.6 Å². The lowest BCUT2D eigenvalue weighted by atomic mass is 10.0. The van der Waals surface area contributed by atoms with Crippen molar-refractivity contribution in [1.82, 2.24) is 5.32 Å². The van der Waals surface area contributed by atoms with Crippen molar-refractivity contribution < 1.29 is 0 Å². The van der Waals surface area contributed by atoms with Gasteiger partial charge in [0.2, 0.25) is 0 Å². The quantitative estimate of drug-likeness (QED) is 0.442. The number of nitrogens with one attached hydrogen (secondary N) is 1. The van der Waals surface area contributed by atoms with Gasteiger partial charge in [0.25, 0.3) is 0 Å². The first-order valence-electron chi connectivity index (χ1n) is 9.92. The van der Waals surface area contributed by atoms with E-state index in [0.717, 1.165) is 32.2 Å². The highest BCUT2D eigenvalue weighted by Crippen LogP contribution is 2.09. The fourth-order valence-corrected chi connectivity index (χ4v) is 3.23. The summed E-state index contributed by atoms with van der Waals surface area (Å²) in [4.78, 5) is 0. The topological polar surface area (TPSA) is 12.0 Å². The highest BCUT2D eigenvalue weighted by Gasteiger charge is 2.05. The van der Waals surface area contributed by atoms with E-state index in [2.05, 4.69) is 108 Å². The van der Waals surface area contributed by atoms with E-state index >= 15 is 0 Å². The molecule has 0 saturated heterocycles. The van der Waals surface area contributed by atoms with Crippen LogP contribution in [0.25, 0.3) is 0 Å². The molecule has 0 bridgehead atoms. The van der Waals surface area contributed by atoms with Crippen LogP contribution in [0.2, 0.25) is 0 Å². The molecular formula is C26H29N. The molecule has 0 radical (unpaired) electrons. The van der Waals surface area contributed by atoms with Crippen LogP contribution in [0.4, 0.5) is 0 Å². The van der Waals surface area contributed by atoms with Crippen molar-refractivity contribution in [1.29, 1.82) is 0 Å². The van der Waals surface area contributed by atoms with Crippen LogP contribution in [0.3, 0.4) is 0 Å². The Labute approximate surface area is 163 Å². The van der Waals surface area contributed by atoms with Crippen molar-refractivity contribution in [3.63, 3.8) is 0 Å². The molecule has 0 aliphatic rings. The third-order valence-electron chi connectivity index (χ3n) is 4.81. The first-order valence-corrected chi connectivity index (χ1v) is 9.92. The summed E-state index contributed by atoms with van der Waals surface area (Å²) in [5.41, 5.74) is 4.14. The third-order valence-corrected chi connectivity index (χ3v) is 4.81. The zero-order valence-electron chi connectivity index (χ0n) is 15.9. The minimum atomic E-state index is 0.390. The number of hydrogen-bond donors (Lipinski definition) is 1. The molecule has 0 aromatic heterocycles. The second-order valence-electron chi connectivity index (χ2n) is 6.95. The highest BCUT2D eigenvalue weighted by atomic mass is 14.9. The summed E-state index contributed by atoms with van der Waals surface area (Å²) in [6, 6.07) is 32.5. The summed E-state index contributed by atoms with van der Waals surface area (Å²) in [5.74, 6) is 0. The molecule has 1 nitrogen and oxygen atoms in total. The number of aryl methyl sites for hydroxylation is 2. The lowest BCUT2D eigenvalue weighted by molar-refractivity contribution is 0.554. The predicted octanol–water partition coefficient (Wildman–Crippen LogP) is 5.97. The van der Waals surface area contributed by atoms with Gasteiger partial charge in [0.05, 0.1) is 0 Å². The Balaban J connectivity index is 1.53. The zero-order valence-corrected chi connectivity index (χ0v) is 15.9. The van der Waals surface area contributed by atoms with Crippen LogP contribution < -0.4 is 5.32 Å². The molecular weight excluding hydrogens is 326 g/mol. The predicted molar refractivity (Wildman–Crippen MR) is 116 cm³/mol. The molecule has 27 heavy (non-hydrogen) atoms. The van der Waals surface area contributed by atoms with Crippen LogP contribution >= 0.6 is 0 Å². The van der Waals surface area contributed by atoms with Crippen LogP contribution in [0.15, 0.2) is 103 Å². The van der Waals surface area contributed by atoms with Gasteiger partial charge in [-0.15, -0.1) is 0 Å². The van der Waals surface area contributed by atoms with Crippen molar-refractivity contribution in [2.75, 3.05) is 0 Å². The molecule has 0 saturated carbocycles. The minimum absolute atomic E-state index is 0.390. The Morgan fingerprint density at radius 3 is 1.74 bits per heavy atom. The average Bonchev–Trinajstić information content (AvgIpc) is 2.75. The maximum Gasteiger partial charge on any atom is 0.0256 e. The maximum absolute atomic E-state index is 3.72. The smallest absolute Gasteiger partial charge is 0.0256 e. The summed E-state index contributed by atoms with van der Waals surface area (Å²) >= 11 is 0. The van der Waals surface area contributed by atoms with Crippen LogP contribution in [-0.2, 0) is 19.4 Å². The van der Waals surface area contributed by atoms with Crippen molar-refractivity contribution in [2.24, 2.45) is 0 Å². The second kappa shape index (κ2) is 11.2. The molecule has 1 atom stereocenters. The fraction of sp³-hybridized carbons (Fsp3) is 0.231. The molecule has 0 aliphatic carbocycles. The molecule has 0 spiro atoms. The largest absolute Gasteiger partial charge is 0.306 e. The van der Waals surface area contributed by atoms with Crippen LogP contribution in [0, 0.1) is 0 Å². The third kappa shape index (κ3) is 7.24. The molecule has 3 rings (SSSR count). The van der Waals surface area contributed by atoms with Crippen molar-refractivity contribution in [2.45, 2.75) is 38.3 Å². The second-order valence-corrected chi connectivity index (χ2v) is 6.95. The van der Waals surface area contributed by atoms with Gasteiger partial charge in [-0.2, -0.15) is 0 Å². The van der Waals surface area contributed by atoms with Crippen molar-refractivity contribution >= 4 is 0 Å². The molecule has 0 fully saturated rings. The van der Waals surface area contributed by atoms with Gasteiger partial charge >= 0.3 is 0 Å². The first-order chi connectivity index (χ1) is 13.4. The Kier molecular flexibility index (Phi) is 7.90. The molecule has 0 amide bonds. The van der Waals surface area contributed by atoms with E-state index < -0.39 is 0 Å². The molecule has 138 valence electrons. The Morgan fingerprint density at radius 2 is 1.15 bits per heavy atom. The summed E-state index contributed by atoms with van der Waals surface area (Å²) in [6.45, 7) is 0.906. The molecule has 3 aromatic rings. The molecule has 1 N–H and O–H groups in total. The van der Waals surface area contributed by atoms with Crippen LogP contribution in [-0.4, -0.2) is 6.04 Å². The Hall–Kier alpha value is -2.64. The molecule has 3 aromatic carbocycles. The van der Waals surface area contributed by atoms with Crippen molar-refractivity contribution in [3.8, 4) is 0 Å². The summed E-state index contributed by atoms with van der Waals surface area (Å²) in [5, 5.41) is 3.72. The maximum atomic E-state index is 3.72. The Bertz CT molecular complexity index is 735. The summed E-state index contributed by atoms with van der Waals surface area (Å²) in [6.07, 6.45) is 9.07. The standard InChI is InChI=1S/C26H29N/c1-4-12-23(13-5-1)16-10-11-19-26(21-20-24-14-6-2-7-15-24)27-22-25-17-8-3-9-18-25/h1-9,11-15,17-19,26-27H,10,16,20-22H2/b19-11+/t26-/m1/s1. The van der Waals surface area contributed by atoms with Gasteiger partial charge in [0.1, 0.15) is 0 Å². The van der Waals surface area contributed by atoms with Gasteiger partial charge < -0.3 is 5.32 Å². The van der Waals surface area contributed by atoms with E-state index in [-0.39, 0.29) is 0 Å². The van der Waals surface area contributed by atoms with E-state index in [4.69, 9.17) is 0 Å². The highest BCUT2D eigenvalue weighted by molar-refractivity contribution is 5.17. The average molecular weight is 356 g/mol. The lowest BCUT2D eigenvalue weighted by Crippen LogP contribution is -2.27. The molecule has 1 heteroatoms. The molecule has 0 heterocycles. The first kappa shape index (κ1) is 19.1. The number of benzene rings is 3. The van der Waals surface area contributed by atoms with E-state index in [1.165, 1.54) is 16.7 Å². The van der Waals surface area contributed by atoms with Gasteiger partial charge in [-0.3, -0.25) is 0 Å². The fourth-order valence-electron chi connectivity index (χ4n) is 3.23. The van der Waals surface area contributed by atoms with Crippen LogP contribution in [0.5, 0.6) is 0 Å². The van der Waals surface area contributed by atoms with Gasteiger partial charge in [-0.25, -0.2) is 0 Å². The Morgan fingerprint density at radius 1 is 0.630 bits per heavy atom. The molecule has 0 aliphatic heterocycles. The summed E-state index contributed by atoms with van der Waals surface area (Å²) < 4.78 is 0. The van der Waals surface area contributed by atoms with Crippen LogP contribution in [0.1, 0.15) is 29.5 Å². The van der Waals surface area contributed by atoms with E-state index in [0.29, 0.717) is 6.04 Å². The minimum Gasteiger partial charge on any atom is -0.306 e. The number of allylic oxidation sites excluding steroid dienone is 1. The zero-order chi connectivity index (χ0) is 18.6. The van der Waals surface area contributed by atoms with E-state index in [9.17, 15) is 0 Å². The number of rotatable bonds is 10. The monoisotopic (exact) mass is 355 g/mol. The summed E-state index contributed by atoms with van der Waals surface area (Å²) in [7, 11) is 0. The van der Waals surface area contributed by atoms with Gasteiger partial charge in [-0.05, 0) is 42.4 Å². The molecule has 0 unspecified atom stereocenters. The van der Waals surface area contributed by atoms with Crippen molar-refractivity contribution in [3.05, 3.63) is 120 Å². The lowest BCUT2D eigenvalue weighted by Gasteiger charge is -2.15. The SMILES string of the molecule is C(=C\[C@H](CCc1ccccc1)NCc1ccccc1)/CCc1ccccc1. The van der Waals surface area contributed by atoms with E-state index in [1.54, 1.807) is 0 Å².